The Balaban J connectivity index is 0.00000385. The zero-order chi connectivity index (χ0) is 23.1. The number of benzene rings is 1. The molecule has 0 saturated heterocycles. The molecular formula is C24H37IN6O2. The van der Waals surface area contributed by atoms with Gasteiger partial charge in [0.25, 0.3) is 0 Å². The number of hydrogen-bond donors (Lipinski definition) is 2. The highest BCUT2D eigenvalue weighted by Gasteiger charge is 2.37. The van der Waals surface area contributed by atoms with Gasteiger partial charge >= 0.3 is 6.09 Å². The average Bonchev–Trinajstić information content (AvgIpc) is 3.41. The summed E-state index contributed by atoms with van der Waals surface area (Å²) in [5, 5.41) is 10.9. The Bertz CT molecular complexity index is 920. The van der Waals surface area contributed by atoms with Crippen molar-refractivity contribution < 1.29 is 9.53 Å². The second-order valence-corrected chi connectivity index (χ2v) is 9.18. The molecule has 0 bridgehead atoms. The molecule has 8 nitrogen and oxygen atoms in total. The maximum atomic E-state index is 12.8. The van der Waals surface area contributed by atoms with Gasteiger partial charge in [-0.3, -0.25) is 14.6 Å². The molecule has 182 valence electrons. The third-order valence-corrected chi connectivity index (χ3v) is 5.12. The summed E-state index contributed by atoms with van der Waals surface area (Å²) < 4.78 is 7.57. The normalized spacial score (nSPS) is 13.8. The highest BCUT2D eigenvalue weighted by molar-refractivity contribution is 14.0. The number of rotatable bonds is 8. The average molecular weight is 569 g/mol. The molecule has 1 amide bonds. The highest BCUT2D eigenvalue weighted by atomic mass is 127. The predicted octanol–water partition coefficient (Wildman–Crippen LogP) is 4.47. The number of hydrogen-bond acceptors (Lipinski definition) is 4. The van der Waals surface area contributed by atoms with Crippen LogP contribution in [0.3, 0.4) is 0 Å². The summed E-state index contributed by atoms with van der Waals surface area (Å²) in [5.41, 5.74) is 2.60. The predicted molar refractivity (Wildman–Crippen MR) is 143 cm³/mol. The minimum atomic E-state index is -0.511. The molecule has 3 rings (SSSR count). The third kappa shape index (κ3) is 8.53. The fraction of sp³-hybridized carbons (Fsp3) is 0.542. The quantitative estimate of drug-likeness (QED) is 0.213. The summed E-state index contributed by atoms with van der Waals surface area (Å²) in [6, 6.07) is 8.36. The van der Waals surface area contributed by atoms with Gasteiger partial charge in [0, 0.05) is 45.1 Å². The van der Waals surface area contributed by atoms with Gasteiger partial charge in [-0.05, 0) is 70.2 Å². The summed E-state index contributed by atoms with van der Waals surface area (Å²) in [5.74, 6) is 0.764. The van der Waals surface area contributed by atoms with Crippen LogP contribution in [0.4, 0.5) is 10.5 Å². The maximum Gasteiger partial charge on any atom is 0.415 e. The van der Waals surface area contributed by atoms with Gasteiger partial charge in [-0.15, -0.1) is 24.0 Å². The van der Waals surface area contributed by atoms with Crippen LogP contribution in [0.2, 0.25) is 0 Å². The third-order valence-electron chi connectivity index (χ3n) is 5.12. The number of ether oxygens (including phenoxy) is 1. The summed E-state index contributed by atoms with van der Waals surface area (Å²) in [7, 11) is 1.77. The number of carbonyl (C=O) groups excluding carboxylic acids is 1. The van der Waals surface area contributed by atoms with E-state index in [1.54, 1.807) is 13.2 Å². The van der Waals surface area contributed by atoms with Crippen LogP contribution in [0.1, 0.15) is 51.2 Å². The number of guanidine groups is 1. The molecule has 2 N–H and O–H groups in total. The monoisotopic (exact) mass is 568 g/mol. The minimum absolute atomic E-state index is 0. The van der Waals surface area contributed by atoms with Gasteiger partial charge in [0.15, 0.2) is 5.96 Å². The first kappa shape index (κ1) is 26.9. The second-order valence-electron chi connectivity index (χ2n) is 9.18. The van der Waals surface area contributed by atoms with E-state index in [4.69, 9.17) is 4.74 Å². The molecule has 1 aromatic heterocycles. The molecule has 1 saturated carbocycles. The van der Waals surface area contributed by atoms with Crippen LogP contribution in [0.25, 0.3) is 0 Å². The summed E-state index contributed by atoms with van der Waals surface area (Å²) in [6.07, 6.45) is 6.48. The lowest BCUT2D eigenvalue weighted by atomic mass is 10.1. The Labute approximate surface area is 214 Å². The smallest absolute Gasteiger partial charge is 0.415 e. The lowest BCUT2D eigenvalue weighted by molar-refractivity contribution is 0.0577. The fourth-order valence-corrected chi connectivity index (χ4v) is 3.47. The van der Waals surface area contributed by atoms with Crippen molar-refractivity contribution in [1.29, 1.82) is 0 Å². The van der Waals surface area contributed by atoms with Crippen molar-refractivity contribution in [3.8, 4) is 0 Å². The molecule has 1 aromatic carbocycles. The summed E-state index contributed by atoms with van der Waals surface area (Å²) in [6.45, 7) is 10.1. The Morgan fingerprint density at radius 2 is 2.06 bits per heavy atom. The van der Waals surface area contributed by atoms with Crippen molar-refractivity contribution in [3.05, 3.63) is 47.8 Å². The van der Waals surface area contributed by atoms with Gasteiger partial charge in [-0.1, -0.05) is 12.1 Å². The van der Waals surface area contributed by atoms with Crippen LogP contribution in [-0.2, 0) is 17.8 Å². The Morgan fingerprint density at radius 3 is 2.64 bits per heavy atom. The Morgan fingerprint density at radius 1 is 1.30 bits per heavy atom. The molecule has 0 radical (unpaired) electrons. The lowest BCUT2D eigenvalue weighted by Crippen LogP contribution is -2.39. The van der Waals surface area contributed by atoms with Gasteiger partial charge in [0.2, 0.25) is 0 Å². The molecule has 33 heavy (non-hydrogen) atoms. The van der Waals surface area contributed by atoms with Crippen LogP contribution in [-0.4, -0.2) is 47.1 Å². The van der Waals surface area contributed by atoms with E-state index in [1.165, 1.54) is 0 Å². The van der Waals surface area contributed by atoms with Crippen molar-refractivity contribution in [2.45, 2.75) is 71.7 Å². The number of nitrogens with zero attached hydrogens (tertiary/aromatic N) is 4. The summed E-state index contributed by atoms with van der Waals surface area (Å²) in [4.78, 5) is 18.9. The molecule has 0 atom stereocenters. The van der Waals surface area contributed by atoms with E-state index in [0.717, 1.165) is 55.1 Å². The molecule has 0 unspecified atom stereocenters. The minimum Gasteiger partial charge on any atom is -0.443 e. The van der Waals surface area contributed by atoms with Crippen LogP contribution in [0.5, 0.6) is 0 Å². The second kappa shape index (κ2) is 12.2. The first-order valence-electron chi connectivity index (χ1n) is 11.3. The molecule has 2 aromatic rings. The van der Waals surface area contributed by atoms with Crippen LogP contribution < -0.4 is 15.5 Å². The van der Waals surface area contributed by atoms with Crippen molar-refractivity contribution in [2.75, 3.05) is 18.5 Å². The number of anilines is 1. The van der Waals surface area contributed by atoms with Crippen LogP contribution >= 0.6 is 24.0 Å². The zero-order valence-corrected chi connectivity index (χ0v) is 22.6. The first-order valence-corrected chi connectivity index (χ1v) is 11.3. The number of halogens is 1. The van der Waals surface area contributed by atoms with Gasteiger partial charge in [0.1, 0.15) is 5.60 Å². The topological polar surface area (TPSA) is 83.8 Å². The first-order chi connectivity index (χ1) is 15.3. The van der Waals surface area contributed by atoms with Gasteiger partial charge in [-0.2, -0.15) is 5.10 Å². The number of aliphatic imine (C=N–C) groups is 1. The maximum absolute atomic E-state index is 12.8. The standard InChI is InChI=1S/C24H36N6O2.HI/c1-18-16-19(17-27-22(25-5)26-12-6-14-29-15-7-13-28-29)8-11-21(18)30(20-9-10-20)23(31)32-24(2,3)4;/h7-8,11,13,15-16,20H,6,9-10,12,14,17H2,1-5H3,(H2,25,26,27);1H. The van der Waals surface area contributed by atoms with Crippen molar-refractivity contribution in [3.63, 3.8) is 0 Å². The van der Waals surface area contributed by atoms with E-state index < -0.39 is 5.60 Å². The van der Waals surface area contributed by atoms with Crippen molar-refractivity contribution in [1.82, 2.24) is 20.4 Å². The SMILES string of the molecule is CN=C(NCCCn1cccn1)NCc1ccc(N(C(=O)OC(C)(C)C)C2CC2)c(C)c1.I. The summed E-state index contributed by atoms with van der Waals surface area (Å²) >= 11 is 0. The number of nitrogens with one attached hydrogen (secondary N) is 2. The number of aryl methyl sites for hydroxylation is 2. The molecule has 0 aliphatic heterocycles. The molecular weight excluding hydrogens is 531 g/mol. The van der Waals surface area contributed by atoms with Gasteiger partial charge < -0.3 is 15.4 Å². The zero-order valence-electron chi connectivity index (χ0n) is 20.3. The van der Waals surface area contributed by atoms with Crippen molar-refractivity contribution >= 4 is 41.7 Å². The van der Waals surface area contributed by atoms with Crippen LogP contribution in [0.15, 0.2) is 41.7 Å². The van der Waals surface area contributed by atoms with E-state index in [-0.39, 0.29) is 36.1 Å². The van der Waals surface area contributed by atoms with E-state index in [2.05, 4.69) is 32.9 Å². The van der Waals surface area contributed by atoms with E-state index in [0.29, 0.717) is 6.54 Å². The Kier molecular flexibility index (Phi) is 10.00. The molecule has 1 fully saturated rings. The number of carbonyl (C=O) groups is 1. The van der Waals surface area contributed by atoms with Crippen LogP contribution in [0, 0.1) is 6.92 Å². The van der Waals surface area contributed by atoms with E-state index >= 15 is 0 Å². The fourth-order valence-electron chi connectivity index (χ4n) is 3.47. The molecule has 1 heterocycles. The molecule has 9 heteroatoms. The Hall–Kier alpha value is -2.30. The lowest BCUT2D eigenvalue weighted by Gasteiger charge is -2.28. The largest absolute Gasteiger partial charge is 0.443 e. The number of amides is 1. The molecule has 1 aliphatic carbocycles. The van der Waals surface area contributed by atoms with Gasteiger partial charge in [-0.25, -0.2) is 4.79 Å². The number of aromatic nitrogens is 2. The molecule has 0 spiro atoms. The van der Waals surface area contributed by atoms with E-state index in [9.17, 15) is 4.79 Å². The van der Waals surface area contributed by atoms with Gasteiger partial charge in [0.05, 0.1) is 5.69 Å². The molecule has 1 aliphatic rings. The van der Waals surface area contributed by atoms with Crippen molar-refractivity contribution in [2.24, 2.45) is 4.99 Å². The van der Waals surface area contributed by atoms with E-state index in [1.807, 2.05) is 55.6 Å². The highest BCUT2D eigenvalue weighted by Crippen LogP contribution is 2.35.